The summed E-state index contributed by atoms with van der Waals surface area (Å²) in [6.45, 7) is 4.25. The quantitative estimate of drug-likeness (QED) is 0.784. The summed E-state index contributed by atoms with van der Waals surface area (Å²) in [5, 5.41) is 5.62. The van der Waals surface area contributed by atoms with Crippen LogP contribution in [0.4, 0.5) is 10.8 Å². The molecule has 0 saturated heterocycles. The Hall–Kier alpha value is -2.41. The number of nitrogens with zero attached hydrogens (tertiary/aromatic N) is 1. The van der Waals surface area contributed by atoms with E-state index in [2.05, 4.69) is 10.3 Å². The van der Waals surface area contributed by atoms with Crippen LogP contribution in [0.5, 0.6) is 0 Å². The molecule has 122 valence electrons. The molecule has 0 aliphatic rings. The standard InChI is InChI=1S/C16H18N2O4S/c1-3-21-14(19)9-13-10-23-16(18-13)17-12-7-5-11(6-8-12)15(20)22-4-2/h5-8,10H,3-4,9H2,1-2H3,(H,17,18). The number of carbonyl (C=O) groups is 2. The van der Waals surface area contributed by atoms with Crippen LogP contribution in [0.3, 0.4) is 0 Å². The van der Waals surface area contributed by atoms with Crippen molar-refractivity contribution in [2.24, 2.45) is 0 Å². The van der Waals surface area contributed by atoms with Gasteiger partial charge in [0.15, 0.2) is 5.13 Å². The lowest BCUT2D eigenvalue weighted by atomic mass is 10.2. The van der Waals surface area contributed by atoms with Crippen molar-refractivity contribution < 1.29 is 19.1 Å². The van der Waals surface area contributed by atoms with E-state index in [1.165, 1.54) is 11.3 Å². The van der Waals surface area contributed by atoms with Gasteiger partial charge in [-0.05, 0) is 38.1 Å². The number of nitrogens with one attached hydrogen (secondary N) is 1. The molecule has 7 heteroatoms. The molecule has 0 radical (unpaired) electrons. The number of anilines is 2. The first kappa shape index (κ1) is 17.0. The molecule has 6 nitrogen and oxygen atoms in total. The Morgan fingerprint density at radius 2 is 1.83 bits per heavy atom. The highest BCUT2D eigenvalue weighted by Crippen LogP contribution is 2.21. The van der Waals surface area contributed by atoms with Crippen LogP contribution in [-0.2, 0) is 20.7 Å². The van der Waals surface area contributed by atoms with Gasteiger partial charge in [0.25, 0.3) is 0 Å². The molecular weight excluding hydrogens is 316 g/mol. The lowest BCUT2D eigenvalue weighted by molar-refractivity contribution is -0.142. The monoisotopic (exact) mass is 334 g/mol. The van der Waals surface area contributed by atoms with Crippen LogP contribution in [0, 0.1) is 0 Å². The highest BCUT2D eigenvalue weighted by molar-refractivity contribution is 7.13. The highest BCUT2D eigenvalue weighted by Gasteiger charge is 2.09. The molecule has 0 aliphatic carbocycles. The van der Waals surface area contributed by atoms with E-state index < -0.39 is 0 Å². The number of esters is 2. The van der Waals surface area contributed by atoms with Crippen molar-refractivity contribution in [1.29, 1.82) is 0 Å². The van der Waals surface area contributed by atoms with Crippen molar-refractivity contribution in [2.45, 2.75) is 20.3 Å². The lowest BCUT2D eigenvalue weighted by Crippen LogP contribution is -2.07. The van der Waals surface area contributed by atoms with Gasteiger partial charge in [-0.25, -0.2) is 9.78 Å². The van der Waals surface area contributed by atoms with E-state index >= 15 is 0 Å². The molecule has 2 aromatic rings. The Morgan fingerprint density at radius 3 is 2.48 bits per heavy atom. The number of rotatable bonds is 7. The number of thiazole rings is 1. The Balaban J connectivity index is 1.96. The third-order valence-corrected chi connectivity index (χ3v) is 3.64. The molecule has 0 saturated carbocycles. The van der Waals surface area contributed by atoms with E-state index in [0.29, 0.717) is 29.6 Å². The average molecular weight is 334 g/mol. The van der Waals surface area contributed by atoms with Gasteiger partial charge in [0.2, 0.25) is 0 Å². The Kier molecular flexibility index (Phi) is 6.10. The maximum absolute atomic E-state index is 11.6. The van der Waals surface area contributed by atoms with Gasteiger partial charge in [0, 0.05) is 11.1 Å². The number of ether oxygens (including phenoxy) is 2. The van der Waals surface area contributed by atoms with Gasteiger partial charge in [-0.3, -0.25) is 4.79 Å². The van der Waals surface area contributed by atoms with Crippen molar-refractivity contribution in [3.63, 3.8) is 0 Å². The van der Waals surface area contributed by atoms with E-state index in [4.69, 9.17) is 9.47 Å². The zero-order valence-electron chi connectivity index (χ0n) is 13.0. The van der Waals surface area contributed by atoms with Crippen LogP contribution in [0.2, 0.25) is 0 Å². The van der Waals surface area contributed by atoms with Crippen molar-refractivity contribution in [3.05, 3.63) is 40.9 Å². The Morgan fingerprint density at radius 1 is 1.13 bits per heavy atom. The van der Waals surface area contributed by atoms with Gasteiger partial charge in [0.05, 0.1) is 30.9 Å². The minimum Gasteiger partial charge on any atom is -0.466 e. The Bertz CT molecular complexity index is 667. The van der Waals surface area contributed by atoms with Crippen molar-refractivity contribution >= 4 is 34.1 Å². The maximum atomic E-state index is 11.6. The first-order valence-corrected chi connectivity index (χ1v) is 8.14. The molecule has 0 bridgehead atoms. The second-order valence-corrected chi connectivity index (χ2v) is 5.41. The number of hydrogen-bond acceptors (Lipinski definition) is 7. The average Bonchev–Trinajstić information content (AvgIpc) is 2.95. The summed E-state index contributed by atoms with van der Waals surface area (Å²) < 4.78 is 9.82. The normalized spacial score (nSPS) is 10.2. The SMILES string of the molecule is CCOC(=O)Cc1csc(Nc2ccc(C(=O)OCC)cc2)n1. The summed E-state index contributed by atoms with van der Waals surface area (Å²) in [6.07, 6.45) is 0.161. The fraction of sp³-hybridized carbons (Fsp3) is 0.312. The first-order chi connectivity index (χ1) is 11.1. The topological polar surface area (TPSA) is 77.5 Å². The molecule has 1 aromatic heterocycles. The van der Waals surface area contributed by atoms with Crippen LogP contribution in [0.1, 0.15) is 29.9 Å². The van der Waals surface area contributed by atoms with Gasteiger partial charge < -0.3 is 14.8 Å². The molecule has 23 heavy (non-hydrogen) atoms. The second kappa shape index (κ2) is 8.28. The number of benzene rings is 1. The fourth-order valence-corrected chi connectivity index (χ4v) is 2.56. The summed E-state index contributed by atoms with van der Waals surface area (Å²) in [5.74, 6) is -0.631. The zero-order chi connectivity index (χ0) is 16.7. The molecule has 1 N–H and O–H groups in total. The predicted octanol–water partition coefficient (Wildman–Crippen LogP) is 3.17. The van der Waals surface area contributed by atoms with Gasteiger partial charge >= 0.3 is 11.9 Å². The van der Waals surface area contributed by atoms with E-state index in [-0.39, 0.29) is 18.4 Å². The molecule has 0 fully saturated rings. The van der Waals surface area contributed by atoms with E-state index in [9.17, 15) is 9.59 Å². The molecule has 0 atom stereocenters. The number of hydrogen-bond donors (Lipinski definition) is 1. The molecule has 2 rings (SSSR count). The summed E-state index contributed by atoms with van der Waals surface area (Å²) in [6, 6.07) is 6.93. The van der Waals surface area contributed by atoms with Crippen LogP contribution >= 0.6 is 11.3 Å². The largest absolute Gasteiger partial charge is 0.466 e. The van der Waals surface area contributed by atoms with E-state index in [0.717, 1.165) is 5.69 Å². The molecule has 1 aromatic carbocycles. The summed E-state index contributed by atoms with van der Waals surface area (Å²) in [4.78, 5) is 27.3. The molecule has 0 amide bonds. The Labute approximate surface area is 138 Å². The van der Waals surface area contributed by atoms with Gasteiger partial charge in [-0.2, -0.15) is 0 Å². The first-order valence-electron chi connectivity index (χ1n) is 7.26. The number of aromatic nitrogens is 1. The fourth-order valence-electron chi connectivity index (χ4n) is 1.83. The smallest absolute Gasteiger partial charge is 0.338 e. The molecule has 1 heterocycles. The molecule has 0 spiro atoms. The lowest BCUT2D eigenvalue weighted by Gasteiger charge is -2.04. The highest BCUT2D eigenvalue weighted by atomic mass is 32.1. The van der Waals surface area contributed by atoms with Crippen molar-refractivity contribution in [3.8, 4) is 0 Å². The van der Waals surface area contributed by atoms with Gasteiger partial charge in [0.1, 0.15) is 0 Å². The van der Waals surface area contributed by atoms with Crippen LogP contribution in [0.15, 0.2) is 29.6 Å². The zero-order valence-corrected chi connectivity index (χ0v) is 13.8. The van der Waals surface area contributed by atoms with Crippen molar-refractivity contribution in [2.75, 3.05) is 18.5 Å². The summed E-state index contributed by atoms with van der Waals surface area (Å²) >= 11 is 1.40. The van der Waals surface area contributed by atoms with Crippen LogP contribution in [-0.4, -0.2) is 30.1 Å². The third kappa shape index (κ3) is 5.07. The summed E-state index contributed by atoms with van der Waals surface area (Å²) in [5.41, 5.74) is 1.97. The van der Waals surface area contributed by atoms with Crippen LogP contribution < -0.4 is 5.32 Å². The van der Waals surface area contributed by atoms with E-state index in [1.54, 1.807) is 38.1 Å². The molecule has 0 aliphatic heterocycles. The minimum atomic E-state index is -0.343. The number of carbonyl (C=O) groups excluding carboxylic acids is 2. The van der Waals surface area contributed by atoms with Gasteiger partial charge in [-0.1, -0.05) is 0 Å². The summed E-state index contributed by atoms with van der Waals surface area (Å²) in [7, 11) is 0. The second-order valence-electron chi connectivity index (χ2n) is 4.55. The van der Waals surface area contributed by atoms with Crippen LogP contribution in [0.25, 0.3) is 0 Å². The van der Waals surface area contributed by atoms with Gasteiger partial charge in [-0.15, -0.1) is 11.3 Å². The third-order valence-electron chi connectivity index (χ3n) is 2.83. The maximum Gasteiger partial charge on any atom is 0.338 e. The predicted molar refractivity (Wildman–Crippen MR) is 88.1 cm³/mol. The molecule has 0 unspecified atom stereocenters. The van der Waals surface area contributed by atoms with Crippen molar-refractivity contribution in [1.82, 2.24) is 4.98 Å². The minimum absolute atomic E-state index is 0.161. The molecular formula is C16H18N2O4S. The van der Waals surface area contributed by atoms with E-state index in [1.807, 2.05) is 5.38 Å².